The summed E-state index contributed by atoms with van der Waals surface area (Å²) in [7, 11) is 1.59. The lowest BCUT2D eigenvalue weighted by molar-refractivity contribution is -0.153. The largest absolute Gasteiger partial charge is 0.497 e. The molecule has 0 spiro atoms. The summed E-state index contributed by atoms with van der Waals surface area (Å²) < 4.78 is 10.3. The molecule has 0 unspecified atom stereocenters. The maximum Gasteiger partial charge on any atom is 0.306 e. The van der Waals surface area contributed by atoms with Gasteiger partial charge in [-0.2, -0.15) is 0 Å². The number of anilines is 2. The Bertz CT molecular complexity index is 816. The Morgan fingerprint density at radius 2 is 1.50 bits per heavy atom. The highest BCUT2D eigenvalue weighted by atomic mass is 16.5. The first-order valence-electron chi connectivity index (χ1n) is 8.88. The molecule has 2 aromatic carbocycles. The second-order valence-electron chi connectivity index (χ2n) is 6.23. The van der Waals surface area contributed by atoms with Crippen LogP contribution < -0.4 is 15.4 Å². The van der Waals surface area contributed by atoms with Crippen LogP contribution in [0.15, 0.2) is 48.5 Å². The van der Waals surface area contributed by atoms with Crippen LogP contribution in [-0.4, -0.2) is 31.0 Å². The van der Waals surface area contributed by atoms with Crippen molar-refractivity contribution in [3.63, 3.8) is 0 Å². The molecule has 7 nitrogen and oxygen atoms in total. The smallest absolute Gasteiger partial charge is 0.306 e. The van der Waals surface area contributed by atoms with Crippen LogP contribution in [0.2, 0.25) is 0 Å². The first kappa shape index (κ1) is 21.0. The van der Waals surface area contributed by atoms with Crippen LogP contribution in [0.5, 0.6) is 5.75 Å². The zero-order valence-electron chi connectivity index (χ0n) is 16.2. The Balaban J connectivity index is 1.78. The van der Waals surface area contributed by atoms with Crippen molar-refractivity contribution in [3.8, 4) is 5.75 Å². The number of rotatable bonds is 8. The number of ether oxygens (including phenoxy) is 2. The number of benzene rings is 2. The van der Waals surface area contributed by atoms with E-state index in [1.54, 1.807) is 31.4 Å². The first-order valence-corrected chi connectivity index (χ1v) is 8.88. The van der Waals surface area contributed by atoms with E-state index < -0.39 is 18.0 Å². The van der Waals surface area contributed by atoms with Crippen LogP contribution in [-0.2, 0) is 25.5 Å². The summed E-state index contributed by atoms with van der Waals surface area (Å²) in [5.74, 6) is -0.293. The standard InChI is InChI=1S/C21H24N2O5/c1-14(21(26)23-18-9-7-17(8-10-18)22-15(2)24)28-20(25)13-6-16-4-11-19(27-3)12-5-16/h4-5,7-12,14H,6,13H2,1-3H3,(H,22,24)(H,23,26)/t14-/m0/s1. The van der Waals surface area contributed by atoms with Crippen LogP contribution in [0.3, 0.4) is 0 Å². The summed E-state index contributed by atoms with van der Waals surface area (Å²) >= 11 is 0. The minimum Gasteiger partial charge on any atom is -0.497 e. The fourth-order valence-corrected chi connectivity index (χ4v) is 2.43. The molecule has 1 atom stereocenters. The van der Waals surface area contributed by atoms with Crippen molar-refractivity contribution in [3.05, 3.63) is 54.1 Å². The molecule has 0 saturated heterocycles. The molecule has 2 aromatic rings. The SMILES string of the molecule is COc1ccc(CCC(=O)O[C@@H](C)C(=O)Nc2ccc(NC(C)=O)cc2)cc1. The lowest BCUT2D eigenvalue weighted by atomic mass is 10.1. The van der Waals surface area contributed by atoms with Crippen molar-refractivity contribution in [1.29, 1.82) is 0 Å². The maximum absolute atomic E-state index is 12.2. The van der Waals surface area contributed by atoms with E-state index in [9.17, 15) is 14.4 Å². The predicted molar refractivity (Wildman–Crippen MR) is 106 cm³/mol. The lowest BCUT2D eigenvalue weighted by Crippen LogP contribution is -2.30. The Kier molecular flexibility index (Phi) is 7.56. The molecule has 2 rings (SSSR count). The minimum absolute atomic E-state index is 0.174. The lowest BCUT2D eigenvalue weighted by Gasteiger charge is -2.14. The molecule has 2 amide bonds. The van der Waals surface area contributed by atoms with Crippen LogP contribution in [0.25, 0.3) is 0 Å². The molecule has 0 bridgehead atoms. The summed E-state index contributed by atoms with van der Waals surface area (Å²) in [5.41, 5.74) is 2.15. The molecule has 148 valence electrons. The molecule has 0 aromatic heterocycles. The number of aryl methyl sites for hydroxylation is 1. The number of carbonyl (C=O) groups is 3. The summed E-state index contributed by atoms with van der Waals surface area (Å²) in [4.78, 5) is 35.2. The van der Waals surface area contributed by atoms with Crippen molar-refractivity contribution in [2.24, 2.45) is 0 Å². The molecule has 0 aliphatic heterocycles. The van der Waals surface area contributed by atoms with Crippen molar-refractivity contribution in [2.45, 2.75) is 32.8 Å². The normalized spacial score (nSPS) is 11.2. The van der Waals surface area contributed by atoms with Gasteiger partial charge in [-0.05, 0) is 55.3 Å². The third-order valence-electron chi connectivity index (χ3n) is 3.93. The van der Waals surface area contributed by atoms with E-state index >= 15 is 0 Å². The van der Waals surface area contributed by atoms with Crippen molar-refractivity contribution in [2.75, 3.05) is 17.7 Å². The second-order valence-corrected chi connectivity index (χ2v) is 6.23. The number of methoxy groups -OCH3 is 1. The highest BCUT2D eigenvalue weighted by Gasteiger charge is 2.18. The van der Waals surface area contributed by atoms with Gasteiger partial charge in [-0.1, -0.05) is 12.1 Å². The second kappa shape index (κ2) is 10.1. The molecule has 7 heteroatoms. The fourth-order valence-electron chi connectivity index (χ4n) is 2.43. The Labute approximate surface area is 164 Å². The van der Waals surface area contributed by atoms with Gasteiger partial charge in [-0.15, -0.1) is 0 Å². The molecule has 0 heterocycles. The number of carbonyl (C=O) groups excluding carboxylic acids is 3. The maximum atomic E-state index is 12.2. The molecule has 0 fully saturated rings. The van der Waals surface area contributed by atoms with E-state index in [0.29, 0.717) is 17.8 Å². The monoisotopic (exact) mass is 384 g/mol. The summed E-state index contributed by atoms with van der Waals surface area (Å²) in [6.45, 7) is 2.94. The van der Waals surface area contributed by atoms with Crippen LogP contribution in [0, 0.1) is 0 Å². The Morgan fingerprint density at radius 1 is 0.929 bits per heavy atom. The van der Waals surface area contributed by atoms with E-state index in [1.165, 1.54) is 13.8 Å². The summed E-state index contributed by atoms with van der Waals surface area (Å²) in [6.07, 6.45) is -0.227. The van der Waals surface area contributed by atoms with E-state index in [0.717, 1.165) is 11.3 Å². The van der Waals surface area contributed by atoms with Gasteiger partial charge in [0, 0.05) is 24.7 Å². The van der Waals surface area contributed by atoms with Crippen LogP contribution >= 0.6 is 0 Å². The number of nitrogens with one attached hydrogen (secondary N) is 2. The molecule has 0 radical (unpaired) electrons. The molecule has 28 heavy (non-hydrogen) atoms. The van der Waals surface area contributed by atoms with E-state index in [-0.39, 0.29) is 12.3 Å². The predicted octanol–water partition coefficient (Wildman–Crippen LogP) is 3.16. The third-order valence-corrected chi connectivity index (χ3v) is 3.93. The minimum atomic E-state index is -0.918. The highest BCUT2D eigenvalue weighted by molar-refractivity contribution is 5.95. The van der Waals surface area contributed by atoms with Crippen molar-refractivity contribution in [1.82, 2.24) is 0 Å². The summed E-state index contributed by atoms with van der Waals surface area (Å²) in [6, 6.07) is 14.1. The van der Waals surface area contributed by atoms with Gasteiger partial charge < -0.3 is 20.1 Å². The zero-order chi connectivity index (χ0) is 20.5. The van der Waals surface area contributed by atoms with Gasteiger partial charge in [0.25, 0.3) is 5.91 Å². The van der Waals surface area contributed by atoms with Gasteiger partial charge in [-0.25, -0.2) is 0 Å². The van der Waals surface area contributed by atoms with Crippen LogP contribution in [0.4, 0.5) is 11.4 Å². The van der Waals surface area contributed by atoms with Crippen molar-refractivity contribution < 1.29 is 23.9 Å². The van der Waals surface area contributed by atoms with Crippen LogP contribution in [0.1, 0.15) is 25.8 Å². The van der Waals surface area contributed by atoms with Gasteiger partial charge >= 0.3 is 5.97 Å². The number of esters is 1. The highest BCUT2D eigenvalue weighted by Crippen LogP contribution is 2.15. The zero-order valence-corrected chi connectivity index (χ0v) is 16.2. The summed E-state index contributed by atoms with van der Waals surface area (Å²) in [5, 5.41) is 5.31. The molecular weight excluding hydrogens is 360 g/mol. The average molecular weight is 384 g/mol. The number of hydrogen-bond acceptors (Lipinski definition) is 5. The fraction of sp³-hybridized carbons (Fsp3) is 0.286. The number of amides is 2. The van der Waals surface area contributed by atoms with Gasteiger partial charge in [0.15, 0.2) is 6.10 Å². The molecular formula is C21H24N2O5. The molecule has 0 aliphatic rings. The van der Waals surface area contributed by atoms with Gasteiger partial charge in [0.2, 0.25) is 5.91 Å². The quantitative estimate of drug-likeness (QED) is 0.682. The van der Waals surface area contributed by atoms with Gasteiger partial charge in [0.05, 0.1) is 7.11 Å². The number of hydrogen-bond donors (Lipinski definition) is 2. The average Bonchev–Trinajstić information content (AvgIpc) is 2.67. The first-order chi connectivity index (χ1) is 13.4. The molecule has 0 aliphatic carbocycles. The van der Waals surface area contributed by atoms with Gasteiger partial charge in [-0.3, -0.25) is 14.4 Å². The van der Waals surface area contributed by atoms with Crippen molar-refractivity contribution >= 4 is 29.2 Å². The topological polar surface area (TPSA) is 93.7 Å². The van der Waals surface area contributed by atoms with E-state index in [1.807, 2.05) is 24.3 Å². The Hall–Kier alpha value is -3.35. The van der Waals surface area contributed by atoms with E-state index in [4.69, 9.17) is 9.47 Å². The van der Waals surface area contributed by atoms with Gasteiger partial charge in [0.1, 0.15) is 5.75 Å². The van der Waals surface area contributed by atoms with E-state index in [2.05, 4.69) is 10.6 Å². The molecule has 0 saturated carbocycles. The third kappa shape index (κ3) is 6.75. The Morgan fingerprint density at radius 3 is 2.04 bits per heavy atom. The molecule has 2 N–H and O–H groups in total.